The standard InChI is InChI=1S/C21H40N4O3.HI/c1-3-27-21(26)25-15-12-18(13-16-25)24-20(22-2)23-14-8-9-17-28-19-10-6-4-5-7-11-19;/h18-19H,3-17H2,1-2H3,(H2,22,23,24);1H. The summed E-state index contributed by atoms with van der Waals surface area (Å²) in [5.74, 6) is 0.847. The van der Waals surface area contributed by atoms with Crippen LogP contribution >= 0.6 is 24.0 Å². The first-order chi connectivity index (χ1) is 13.7. The summed E-state index contributed by atoms with van der Waals surface area (Å²) in [6.45, 7) is 5.49. The first-order valence-corrected chi connectivity index (χ1v) is 11.2. The fourth-order valence-corrected chi connectivity index (χ4v) is 3.90. The Labute approximate surface area is 193 Å². The van der Waals surface area contributed by atoms with Gasteiger partial charge in [0.15, 0.2) is 5.96 Å². The van der Waals surface area contributed by atoms with Crippen LogP contribution in [0.25, 0.3) is 0 Å². The number of rotatable bonds is 8. The average molecular weight is 524 g/mol. The Balaban J connectivity index is 0.00000420. The van der Waals surface area contributed by atoms with Gasteiger partial charge in [-0.1, -0.05) is 25.7 Å². The van der Waals surface area contributed by atoms with E-state index in [9.17, 15) is 4.79 Å². The Morgan fingerprint density at radius 3 is 2.38 bits per heavy atom. The van der Waals surface area contributed by atoms with Gasteiger partial charge >= 0.3 is 6.09 Å². The number of carbonyl (C=O) groups excluding carboxylic acids is 1. The smallest absolute Gasteiger partial charge is 0.409 e. The van der Waals surface area contributed by atoms with E-state index in [-0.39, 0.29) is 30.1 Å². The lowest BCUT2D eigenvalue weighted by atomic mass is 10.1. The zero-order valence-corrected chi connectivity index (χ0v) is 20.6. The van der Waals surface area contributed by atoms with Crippen LogP contribution in [0.3, 0.4) is 0 Å². The first kappa shape index (κ1) is 26.3. The van der Waals surface area contributed by atoms with Gasteiger partial charge in [-0.3, -0.25) is 4.99 Å². The van der Waals surface area contributed by atoms with Crippen molar-refractivity contribution in [3.63, 3.8) is 0 Å². The van der Waals surface area contributed by atoms with Gasteiger partial charge in [-0.25, -0.2) is 4.79 Å². The van der Waals surface area contributed by atoms with Crippen LogP contribution in [-0.4, -0.2) is 69.0 Å². The molecule has 2 rings (SSSR count). The van der Waals surface area contributed by atoms with E-state index in [1.54, 1.807) is 11.9 Å². The molecule has 0 bridgehead atoms. The number of piperidine rings is 1. The molecule has 7 nitrogen and oxygen atoms in total. The molecule has 2 aliphatic rings. The molecule has 0 aromatic heterocycles. The minimum Gasteiger partial charge on any atom is -0.450 e. The maximum atomic E-state index is 11.8. The Morgan fingerprint density at radius 2 is 1.76 bits per heavy atom. The highest BCUT2D eigenvalue weighted by Crippen LogP contribution is 2.19. The number of unbranched alkanes of at least 4 members (excludes halogenated alkanes) is 1. The predicted molar refractivity (Wildman–Crippen MR) is 128 cm³/mol. The van der Waals surface area contributed by atoms with Crippen molar-refractivity contribution in [1.29, 1.82) is 0 Å². The molecule has 0 atom stereocenters. The van der Waals surface area contributed by atoms with Gasteiger partial charge in [0.25, 0.3) is 0 Å². The van der Waals surface area contributed by atoms with Crippen LogP contribution in [0.15, 0.2) is 4.99 Å². The third-order valence-corrected chi connectivity index (χ3v) is 5.60. The van der Waals surface area contributed by atoms with Gasteiger partial charge in [0.1, 0.15) is 0 Å². The van der Waals surface area contributed by atoms with Crippen LogP contribution in [0.4, 0.5) is 4.79 Å². The molecule has 8 heteroatoms. The summed E-state index contributed by atoms with van der Waals surface area (Å²) in [7, 11) is 1.80. The Hall–Kier alpha value is -0.770. The lowest BCUT2D eigenvalue weighted by molar-refractivity contribution is 0.0411. The molecule has 1 aliphatic carbocycles. The molecule has 0 radical (unpaired) electrons. The van der Waals surface area contributed by atoms with Gasteiger partial charge in [0.05, 0.1) is 12.7 Å². The lowest BCUT2D eigenvalue weighted by Crippen LogP contribution is -2.50. The minimum absolute atomic E-state index is 0. The van der Waals surface area contributed by atoms with E-state index >= 15 is 0 Å². The number of aliphatic imine (C=N–C) groups is 1. The van der Waals surface area contributed by atoms with Crippen LogP contribution < -0.4 is 10.6 Å². The van der Waals surface area contributed by atoms with Gasteiger partial charge in [0.2, 0.25) is 0 Å². The Bertz CT molecular complexity index is 463. The van der Waals surface area contributed by atoms with Crippen molar-refractivity contribution in [2.24, 2.45) is 4.99 Å². The summed E-state index contributed by atoms with van der Waals surface area (Å²) in [5.41, 5.74) is 0. The van der Waals surface area contributed by atoms with Crippen LogP contribution in [-0.2, 0) is 9.47 Å². The molecule has 1 aliphatic heterocycles. The maximum absolute atomic E-state index is 11.8. The fourth-order valence-electron chi connectivity index (χ4n) is 3.90. The summed E-state index contributed by atoms with van der Waals surface area (Å²) in [4.78, 5) is 17.9. The third-order valence-electron chi connectivity index (χ3n) is 5.60. The van der Waals surface area contributed by atoms with Crippen LogP contribution in [0.1, 0.15) is 71.1 Å². The van der Waals surface area contributed by atoms with Gasteiger partial charge in [-0.05, 0) is 45.4 Å². The zero-order valence-electron chi connectivity index (χ0n) is 18.3. The van der Waals surface area contributed by atoms with Crippen molar-refractivity contribution in [1.82, 2.24) is 15.5 Å². The summed E-state index contributed by atoms with van der Waals surface area (Å²) in [6, 6.07) is 0.343. The molecule has 170 valence electrons. The monoisotopic (exact) mass is 524 g/mol. The largest absolute Gasteiger partial charge is 0.450 e. The molecule has 2 fully saturated rings. The minimum atomic E-state index is -0.200. The second kappa shape index (κ2) is 16.0. The average Bonchev–Trinajstić information content (AvgIpc) is 2.99. The van der Waals surface area contributed by atoms with Crippen molar-refractivity contribution in [3.8, 4) is 0 Å². The molecule has 29 heavy (non-hydrogen) atoms. The number of nitrogens with zero attached hydrogens (tertiary/aromatic N) is 2. The molecule has 1 saturated carbocycles. The highest BCUT2D eigenvalue weighted by molar-refractivity contribution is 14.0. The van der Waals surface area contributed by atoms with E-state index in [1.165, 1.54) is 38.5 Å². The molecule has 0 aromatic carbocycles. The Kier molecular flexibility index (Phi) is 14.5. The summed E-state index contributed by atoms with van der Waals surface area (Å²) < 4.78 is 11.1. The van der Waals surface area contributed by atoms with E-state index in [2.05, 4.69) is 15.6 Å². The van der Waals surface area contributed by atoms with Crippen molar-refractivity contribution in [3.05, 3.63) is 0 Å². The van der Waals surface area contributed by atoms with E-state index in [4.69, 9.17) is 9.47 Å². The van der Waals surface area contributed by atoms with E-state index < -0.39 is 0 Å². The van der Waals surface area contributed by atoms with Gasteiger partial charge in [0, 0.05) is 39.3 Å². The van der Waals surface area contributed by atoms with Crippen molar-refractivity contribution < 1.29 is 14.3 Å². The molecular weight excluding hydrogens is 483 g/mol. The number of hydrogen-bond acceptors (Lipinski definition) is 4. The van der Waals surface area contributed by atoms with E-state index in [1.807, 2.05) is 6.92 Å². The normalized spacial score (nSPS) is 19.2. The first-order valence-electron chi connectivity index (χ1n) is 11.2. The Morgan fingerprint density at radius 1 is 1.07 bits per heavy atom. The molecule has 0 unspecified atom stereocenters. The number of halogens is 1. The predicted octanol–water partition coefficient (Wildman–Crippen LogP) is 3.91. The summed E-state index contributed by atoms with van der Waals surface area (Å²) in [5, 5.41) is 6.87. The van der Waals surface area contributed by atoms with Gasteiger partial charge < -0.3 is 25.0 Å². The maximum Gasteiger partial charge on any atom is 0.409 e. The molecule has 0 spiro atoms. The number of carbonyl (C=O) groups is 1. The van der Waals surface area contributed by atoms with Crippen molar-refractivity contribution >= 4 is 36.0 Å². The molecular formula is C21H41IN4O3. The van der Waals surface area contributed by atoms with Crippen LogP contribution in [0.2, 0.25) is 0 Å². The SMILES string of the molecule is CCOC(=O)N1CCC(NC(=NC)NCCCCOC2CCCCCC2)CC1.I. The highest BCUT2D eigenvalue weighted by Gasteiger charge is 2.24. The number of nitrogens with one attached hydrogen (secondary N) is 2. The number of ether oxygens (including phenoxy) is 2. The topological polar surface area (TPSA) is 75.2 Å². The number of amides is 1. The molecule has 1 heterocycles. The second-order valence-corrected chi connectivity index (χ2v) is 7.80. The van der Waals surface area contributed by atoms with E-state index in [0.717, 1.165) is 57.9 Å². The van der Waals surface area contributed by atoms with Crippen molar-refractivity contribution in [2.45, 2.75) is 83.3 Å². The van der Waals surface area contributed by atoms with Gasteiger partial charge in [-0.2, -0.15) is 0 Å². The molecule has 2 N–H and O–H groups in total. The van der Waals surface area contributed by atoms with Crippen LogP contribution in [0, 0.1) is 0 Å². The number of guanidine groups is 1. The molecule has 1 amide bonds. The lowest BCUT2D eigenvalue weighted by Gasteiger charge is -2.32. The second-order valence-electron chi connectivity index (χ2n) is 7.80. The summed E-state index contributed by atoms with van der Waals surface area (Å²) >= 11 is 0. The molecule has 0 aromatic rings. The van der Waals surface area contributed by atoms with E-state index in [0.29, 0.717) is 18.8 Å². The van der Waals surface area contributed by atoms with Crippen molar-refractivity contribution in [2.75, 3.05) is 39.9 Å². The third kappa shape index (κ3) is 10.7. The number of hydrogen-bond donors (Lipinski definition) is 2. The summed E-state index contributed by atoms with van der Waals surface area (Å²) in [6.07, 6.45) is 12.2. The fraction of sp³-hybridized carbons (Fsp3) is 0.905. The zero-order chi connectivity index (χ0) is 20.0. The van der Waals surface area contributed by atoms with Gasteiger partial charge in [-0.15, -0.1) is 24.0 Å². The highest BCUT2D eigenvalue weighted by atomic mass is 127. The quantitative estimate of drug-likeness (QED) is 0.166. The number of likely N-dealkylation sites (tertiary alicyclic amines) is 1. The van der Waals surface area contributed by atoms with Crippen LogP contribution in [0.5, 0.6) is 0 Å². The molecule has 1 saturated heterocycles.